The van der Waals surface area contributed by atoms with E-state index >= 15 is 0 Å². The van der Waals surface area contributed by atoms with Crippen molar-refractivity contribution in [3.8, 4) is 0 Å². The Kier molecular flexibility index (Phi) is 7.81. The molecule has 160 valence electrons. The summed E-state index contributed by atoms with van der Waals surface area (Å²) in [5.41, 5.74) is 0.452. The van der Waals surface area contributed by atoms with Crippen molar-refractivity contribution >= 4 is 5.97 Å². The number of rotatable bonds is 7. The second-order valence-corrected chi connectivity index (χ2v) is 8.24. The molecule has 2 aliphatic rings. The second-order valence-electron chi connectivity index (χ2n) is 8.24. The summed E-state index contributed by atoms with van der Waals surface area (Å²) in [6, 6.07) is 0. The van der Waals surface area contributed by atoms with Crippen LogP contribution in [-0.4, -0.2) is 66.2 Å². The fraction of sp³-hybridized carbons (Fsp3) is 0.762. The number of fused-ring (bicyclic) bond motifs is 1. The normalized spacial score (nSPS) is 33.4. The summed E-state index contributed by atoms with van der Waals surface area (Å²) in [7, 11) is 1.29. The van der Waals surface area contributed by atoms with Crippen LogP contribution in [0.4, 0.5) is 0 Å². The average Bonchev–Trinajstić information content (AvgIpc) is 2.95. The molecule has 7 unspecified atom stereocenters. The predicted molar refractivity (Wildman–Crippen MR) is 103 cm³/mol. The molecule has 7 heteroatoms. The quantitative estimate of drug-likeness (QED) is 0.385. The third-order valence-electron chi connectivity index (χ3n) is 5.42. The van der Waals surface area contributed by atoms with Crippen LogP contribution in [0, 0.1) is 11.8 Å². The number of hydrogen-bond acceptors (Lipinski definition) is 7. The van der Waals surface area contributed by atoms with Gasteiger partial charge in [0.15, 0.2) is 5.79 Å². The molecule has 2 saturated heterocycles. The first kappa shape index (κ1) is 23.0. The van der Waals surface area contributed by atoms with Gasteiger partial charge < -0.3 is 29.2 Å². The Morgan fingerprint density at radius 1 is 1.25 bits per heavy atom. The molecule has 0 aromatic carbocycles. The zero-order valence-corrected chi connectivity index (χ0v) is 17.6. The topological polar surface area (TPSA) is 94.5 Å². The highest BCUT2D eigenvalue weighted by Crippen LogP contribution is 2.40. The van der Waals surface area contributed by atoms with E-state index in [0.29, 0.717) is 12.2 Å². The third-order valence-corrected chi connectivity index (χ3v) is 5.42. The first-order valence-electron chi connectivity index (χ1n) is 9.82. The minimum Gasteiger partial charge on any atom is -0.466 e. The van der Waals surface area contributed by atoms with Crippen molar-refractivity contribution in [1.29, 1.82) is 0 Å². The van der Waals surface area contributed by atoms with Gasteiger partial charge in [-0.2, -0.15) is 0 Å². The Balaban J connectivity index is 2.12. The van der Waals surface area contributed by atoms with E-state index in [1.165, 1.54) is 13.2 Å². The molecular formula is C21H34O7. The summed E-state index contributed by atoms with van der Waals surface area (Å²) < 4.78 is 22.8. The molecule has 2 fully saturated rings. The van der Waals surface area contributed by atoms with Crippen molar-refractivity contribution in [2.24, 2.45) is 11.8 Å². The van der Waals surface area contributed by atoms with Crippen LogP contribution in [0.1, 0.15) is 41.0 Å². The van der Waals surface area contributed by atoms with Gasteiger partial charge in [-0.3, -0.25) is 0 Å². The van der Waals surface area contributed by atoms with Gasteiger partial charge in [-0.25, -0.2) is 4.79 Å². The maximum absolute atomic E-state index is 11.5. The number of allylic oxidation sites excluding steroid dienone is 1. The molecule has 2 rings (SSSR count). The van der Waals surface area contributed by atoms with Crippen LogP contribution in [0.3, 0.4) is 0 Å². The first-order chi connectivity index (χ1) is 13.1. The minimum absolute atomic E-state index is 0.0672. The number of carbonyl (C=O) groups excluding carboxylic acids is 1. The third kappa shape index (κ3) is 5.64. The Hall–Kier alpha value is -1.25. The van der Waals surface area contributed by atoms with E-state index in [1.54, 1.807) is 13.8 Å². The van der Waals surface area contributed by atoms with Crippen molar-refractivity contribution in [1.82, 2.24) is 0 Å². The number of ether oxygens (including phenoxy) is 4. The molecule has 2 N–H and O–H groups in total. The molecule has 2 heterocycles. The molecule has 0 spiro atoms. The van der Waals surface area contributed by atoms with Gasteiger partial charge in [0.05, 0.1) is 25.9 Å². The smallest absolute Gasteiger partial charge is 0.330 e. The van der Waals surface area contributed by atoms with Gasteiger partial charge in [0.1, 0.15) is 18.3 Å². The lowest BCUT2D eigenvalue weighted by Crippen LogP contribution is -2.53. The molecule has 7 atom stereocenters. The highest BCUT2D eigenvalue weighted by molar-refractivity contribution is 5.82. The largest absolute Gasteiger partial charge is 0.466 e. The first-order valence-corrected chi connectivity index (χ1v) is 9.82. The van der Waals surface area contributed by atoms with Gasteiger partial charge in [-0.05, 0) is 45.6 Å². The second kappa shape index (κ2) is 9.50. The van der Waals surface area contributed by atoms with Gasteiger partial charge >= 0.3 is 5.97 Å². The molecule has 0 saturated carbocycles. The molecule has 0 aromatic heterocycles. The molecule has 0 radical (unpaired) electrons. The highest BCUT2D eigenvalue weighted by Gasteiger charge is 2.53. The number of methoxy groups -OCH3 is 1. The van der Waals surface area contributed by atoms with Crippen molar-refractivity contribution in [3.05, 3.63) is 23.8 Å². The Labute approximate surface area is 167 Å². The van der Waals surface area contributed by atoms with Crippen LogP contribution in [0.15, 0.2) is 23.8 Å². The summed E-state index contributed by atoms with van der Waals surface area (Å²) in [5.74, 6) is -1.17. The van der Waals surface area contributed by atoms with Gasteiger partial charge in [0.2, 0.25) is 0 Å². The van der Waals surface area contributed by atoms with Crippen molar-refractivity contribution in [2.75, 3.05) is 13.7 Å². The zero-order chi connectivity index (χ0) is 21.1. The summed E-state index contributed by atoms with van der Waals surface area (Å²) in [6.07, 6.45) is 3.28. The summed E-state index contributed by atoms with van der Waals surface area (Å²) in [4.78, 5) is 11.5. The Morgan fingerprint density at radius 2 is 1.89 bits per heavy atom. The standard InChI is InChI=1S/C21H34O7/c1-12(14(3)22)8-7-9-15-11-26-19(17(24)13(2)10-16(23)25-6)20-18(15)27-21(4,5)28-20/h7-8,10,12,14-15,17-20,22,24H,9,11H2,1-6H3/b8-7+,13-10+. The molecule has 0 bridgehead atoms. The van der Waals surface area contributed by atoms with Gasteiger partial charge in [-0.1, -0.05) is 19.1 Å². The lowest BCUT2D eigenvalue weighted by atomic mass is 9.86. The number of hydrogen-bond donors (Lipinski definition) is 2. The number of aliphatic hydroxyl groups excluding tert-OH is 2. The van der Waals surface area contributed by atoms with Crippen LogP contribution in [-0.2, 0) is 23.7 Å². The molecule has 0 aliphatic carbocycles. The lowest BCUT2D eigenvalue weighted by Gasteiger charge is -2.39. The number of aliphatic hydroxyl groups is 2. The van der Waals surface area contributed by atoms with Crippen LogP contribution in [0.2, 0.25) is 0 Å². The fourth-order valence-electron chi connectivity index (χ4n) is 3.55. The van der Waals surface area contributed by atoms with E-state index in [-0.39, 0.29) is 17.9 Å². The number of esters is 1. The maximum Gasteiger partial charge on any atom is 0.330 e. The molecule has 0 amide bonds. The number of carbonyl (C=O) groups is 1. The van der Waals surface area contributed by atoms with E-state index in [9.17, 15) is 15.0 Å². The van der Waals surface area contributed by atoms with E-state index in [1.807, 2.05) is 32.9 Å². The van der Waals surface area contributed by atoms with E-state index in [4.69, 9.17) is 14.2 Å². The maximum atomic E-state index is 11.5. The van der Waals surface area contributed by atoms with E-state index in [0.717, 1.165) is 6.42 Å². The molecule has 28 heavy (non-hydrogen) atoms. The molecule has 2 aliphatic heterocycles. The SMILES string of the molecule is COC(=O)/C=C(\C)C(O)C1OCC(C/C=C/C(C)C(C)O)C2OC(C)(C)OC21. The summed E-state index contributed by atoms with van der Waals surface area (Å²) in [5, 5.41) is 20.3. The molecular weight excluding hydrogens is 364 g/mol. The minimum atomic E-state index is -1.00. The van der Waals surface area contributed by atoms with Crippen LogP contribution in [0.5, 0.6) is 0 Å². The van der Waals surface area contributed by atoms with Crippen molar-refractivity contribution in [3.63, 3.8) is 0 Å². The lowest BCUT2D eigenvalue weighted by molar-refractivity contribution is -0.165. The summed E-state index contributed by atoms with van der Waals surface area (Å²) >= 11 is 0. The Morgan fingerprint density at radius 3 is 2.50 bits per heavy atom. The zero-order valence-electron chi connectivity index (χ0n) is 17.6. The van der Waals surface area contributed by atoms with Crippen LogP contribution in [0.25, 0.3) is 0 Å². The predicted octanol–water partition coefficient (Wildman–Crippen LogP) is 1.96. The van der Waals surface area contributed by atoms with Gasteiger partial charge in [0, 0.05) is 12.0 Å². The highest BCUT2D eigenvalue weighted by atomic mass is 16.8. The van der Waals surface area contributed by atoms with Crippen molar-refractivity contribution < 1.29 is 34.0 Å². The average molecular weight is 398 g/mol. The molecule has 7 nitrogen and oxygen atoms in total. The molecule has 0 aromatic rings. The van der Waals surface area contributed by atoms with Crippen LogP contribution >= 0.6 is 0 Å². The van der Waals surface area contributed by atoms with E-state index < -0.39 is 36.2 Å². The summed E-state index contributed by atoms with van der Waals surface area (Å²) in [6.45, 7) is 9.47. The Bertz CT molecular complexity index is 596. The van der Waals surface area contributed by atoms with Gasteiger partial charge in [0.25, 0.3) is 0 Å². The fourth-order valence-corrected chi connectivity index (χ4v) is 3.55. The van der Waals surface area contributed by atoms with Crippen molar-refractivity contribution in [2.45, 2.75) is 77.3 Å². The van der Waals surface area contributed by atoms with E-state index in [2.05, 4.69) is 4.74 Å². The monoisotopic (exact) mass is 398 g/mol. The van der Waals surface area contributed by atoms with Gasteiger partial charge in [-0.15, -0.1) is 0 Å². The van der Waals surface area contributed by atoms with Crippen LogP contribution < -0.4 is 0 Å².